The average Bonchev–Trinajstić information content (AvgIpc) is 2.98. The maximum Gasteiger partial charge on any atom is 0.330 e. The highest BCUT2D eigenvalue weighted by Crippen LogP contribution is 2.29. The molecule has 12 heteroatoms. The summed E-state index contributed by atoms with van der Waals surface area (Å²) in [5.41, 5.74) is 3.81. The molecule has 4 aromatic rings. The Hall–Kier alpha value is -4.90. The number of amides is 1. The molecule has 0 radical (unpaired) electrons. The fraction of sp³-hybridized carbons (Fsp3) is 0.200. The Morgan fingerprint density at radius 2 is 1.90 bits per heavy atom. The van der Waals surface area contributed by atoms with Gasteiger partial charge in [-0.2, -0.15) is 4.98 Å². The van der Waals surface area contributed by atoms with E-state index in [2.05, 4.69) is 35.9 Å². The van der Waals surface area contributed by atoms with E-state index in [4.69, 9.17) is 16.3 Å². The van der Waals surface area contributed by atoms with E-state index >= 15 is 0 Å². The molecule has 10 nitrogen and oxygen atoms in total. The van der Waals surface area contributed by atoms with Crippen LogP contribution in [0.1, 0.15) is 35.1 Å². The number of rotatable bonds is 12. The van der Waals surface area contributed by atoms with Crippen LogP contribution in [0.15, 0.2) is 67.1 Å². The molecule has 0 spiro atoms. The number of aryl methyl sites for hydroxylation is 1. The van der Waals surface area contributed by atoms with Crippen molar-refractivity contribution in [3.8, 4) is 11.1 Å². The number of carbonyl (C=O) groups is 2. The topological polar surface area (TPSA) is 131 Å². The summed E-state index contributed by atoms with van der Waals surface area (Å²) in [6, 6.07) is 11.8. The molecule has 0 fully saturated rings. The summed E-state index contributed by atoms with van der Waals surface area (Å²) in [5, 5.41) is 9.16. The standard InChI is InChI=1S/C30H29ClFN7O3/c1-3-42-27(40)11-8-20-6-4-7-21(14-20)23-17-37-30(38-22-9-10-25(32)24(31)15-22)39-28(23)33-12-5-13-34-29(41)26-18-35-19(2)16-36-26/h4,6-11,14-18H,3,5,12-13H2,1-2H3,(H,34,41)(H2,33,37,38,39)/b11-8+. The first-order chi connectivity index (χ1) is 20.3. The third-order valence-corrected chi connectivity index (χ3v) is 6.10. The van der Waals surface area contributed by atoms with Crippen LogP contribution in [-0.2, 0) is 9.53 Å². The van der Waals surface area contributed by atoms with Crippen LogP contribution in [0.2, 0.25) is 5.02 Å². The number of nitrogens with one attached hydrogen (secondary N) is 3. The predicted octanol–water partition coefficient (Wildman–Crippen LogP) is 5.59. The second-order valence-electron chi connectivity index (χ2n) is 9.00. The highest BCUT2D eigenvalue weighted by atomic mass is 35.5. The summed E-state index contributed by atoms with van der Waals surface area (Å²) in [7, 11) is 0. The molecule has 2 heterocycles. The molecular weight excluding hydrogens is 561 g/mol. The fourth-order valence-electron chi connectivity index (χ4n) is 3.75. The van der Waals surface area contributed by atoms with Crippen molar-refractivity contribution in [2.75, 3.05) is 30.3 Å². The van der Waals surface area contributed by atoms with Crippen LogP contribution >= 0.6 is 11.6 Å². The molecule has 0 aliphatic heterocycles. The Kier molecular flexibility index (Phi) is 10.5. The Labute approximate surface area is 247 Å². The first-order valence-corrected chi connectivity index (χ1v) is 13.5. The Balaban J connectivity index is 1.50. The van der Waals surface area contributed by atoms with E-state index in [1.54, 1.807) is 32.3 Å². The van der Waals surface area contributed by atoms with Crippen molar-refractivity contribution in [3.63, 3.8) is 0 Å². The van der Waals surface area contributed by atoms with Crippen LogP contribution in [0.25, 0.3) is 17.2 Å². The van der Waals surface area contributed by atoms with Gasteiger partial charge in [0, 0.05) is 42.8 Å². The predicted molar refractivity (Wildman–Crippen MR) is 160 cm³/mol. The number of ether oxygens (including phenoxy) is 1. The molecule has 1 amide bonds. The van der Waals surface area contributed by atoms with Crippen molar-refractivity contribution >= 4 is 47.0 Å². The summed E-state index contributed by atoms with van der Waals surface area (Å²) >= 11 is 5.92. The molecule has 0 bridgehead atoms. The Morgan fingerprint density at radius 3 is 2.67 bits per heavy atom. The number of benzene rings is 2. The van der Waals surface area contributed by atoms with Crippen molar-refractivity contribution in [1.82, 2.24) is 25.3 Å². The highest BCUT2D eigenvalue weighted by molar-refractivity contribution is 6.31. The normalized spacial score (nSPS) is 10.9. The van der Waals surface area contributed by atoms with Gasteiger partial charge in [-0.15, -0.1) is 0 Å². The van der Waals surface area contributed by atoms with Crippen LogP contribution < -0.4 is 16.0 Å². The van der Waals surface area contributed by atoms with Crippen LogP contribution in [0, 0.1) is 12.7 Å². The smallest absolute Gasteiger partial charge is 0.330 e. The lowest BCUT2D eigenvalue weighted by Gasteiger charge is -2.14. The Morgan fingerprint density at radius 1 is 1.05 bits per heavy atom. The molecule has 0 atom stereocenters. The average molecular weight is 590 g/mol. The number of hydrogen-bond acceptors (Lipinski definition) is 9. The van der Waals surface area contributed by atoms with Gasteiger partial charge in [-0.05, 0) is 61.7 Å². The molecule has 3 N–H and O–H groups in total. The van der Waals surface area contributed by atoms with Gasteiger partial charge in [0.15, 0.2) is 0 Å². The first kappa shape index (κ1) is 30.1. The van der Waals surface area contributed by atoms with Gasteiger partial charge in [0.1, 0.15) is 17.3 Å². The van der Waals surface area contributed by atoms with Gasteiger partial charge in [-0.3, -0.25) is 9.78 Å². The second-order valence-corrected chi connectivity index (χ2v) is 9.41. The van der Waals surface area contributed by atoms with E-state index in [0.29, 0.717) is 43.2 Å². The second kappa shape index (κ2) is 14.6. The number of halogens is 2. The maximum absolute atomic E-state index is 13.6. The van der Waals surface area contributed by atoms with Crippen LogP contribution in [0.3, 0.4) is 0 Å². The lowest BCUT2D eigenvalue weighted by Crippen LogP contribution is -2.26. The highest BCUT2D eigenvalue weighted by Gasteiger charge is 2.12. The minimum absolute atomic E-state index is 0.0266. The van der Waals surface area contributed by atoms with E-state index in [-0.39, 0.29) is 22.6 Å². The van der Waals surface area contributed by atoms with Crippen molar-refractivity contribution in [2.24, 2.45) is 0 Å². The molecule has 0 saturated carbocycles. The van der Waals surface area contributed by atoms with E-state index in [1.165, 1.54) is 30.5 Å². The minimum atomic E-state index is -0.528. The zero-order chi connectivity index (χ0) is 29.9. The molecule has 2 aromatic heterocycles. The van der Waals surface area contributed by atoms with E-state index in [9.17, 15) is 14.0 Å². The first-order valence-electron chi connectivity index (χ1n) is 13.2. The number of carbonyl (C=O) groups excluding carboxylic acids is 2. The Bertz CT molecular complexity index is 1580. The number of anilines is 3. The summed E-state index contributed by atoms with van der Waals surface area (Å²) in [6.07, 6.45) is 8.28. The summed E-state index contributed by atoms with van der Waals surface area (Å²) < 4.78 is 18.6. The molecule has 0 aliphatic carbocycles. The largest absolute Gasteiger partial charge is 0.463 e. The monoisotopic (exact) mass is 589 g/mol. The van der Waals surface area contributed by atoms with Crippen molar-refractivity contribution in [2.45, 2.75) is 20.3 Å². The zero-order valence-electron chi connectivity index (χ0n) is 23.0. The van der Waals surface area contributed by atoms with Crippen molar-refractivity contribution in [1.29, 1.82) is 0 Å². The number of hydrogen-bond donors (Lipinski definition) is 3. The van der Waals surface area contributed by atoms with Gasteiger partial charge in [0.05, 0.1) is 23.5 Å². The van der Waals surface area contributed by atoms with E-state index in [1.807, 2.05) is 24.3 Å². The summed E-state index contributed by atoms with van der Waals surface area (Å²) in [6.45, 7) is 4.72. The van der Waals surface area contributed by atoms with Gasteiger partial charge in [-0.1, -0.05) is 29.8 Å². The van der Waals surface area contributed by atoms with Crippen LogP contribution in [0.5, 0.6) is 0 Å². The zero-order valence-corrected chi connectivity index (χ0v) is 23.8. The molecule has 0 aliphatic rings. The number of nitrogens with zero attached hydrogens (tertiary/aromatic N) is 4. The molecule has 42 heavy (non-hydrogen) atoms. The van der Waals surface area contributed by atoms with Crippen molar-refractivity contribution < 1.29 is 18.7 Å². The lowest BCUT2D eigenvalue weighted by atomic mass is 10.0. The van der Waals surface area contributed by atoms with Gasteiger partial charge in [0.25, 0.3) is 5.91 Å². The van der Waals surface area contributed by atoms with Crippen LogP contribution in [0.4, 0.5) is 21.8 Å². The van der Waals surface area contributed by atoms with Crippen molar-refractivity contribution in [3.05, 3.63) is 94.9 Å². The minimum Gasteiger partial charge on any atom is -0.463 e. The number of aromatic nitrogens is 4. The maximum atomic E-state index is 13.6. The molecule has 0 unspecified atom stereocenters. The molecule has 2 aromatic carbocycles. The lowest BCUT2D eigenvalue weighted by molar-refractivity contribution is -0.137. The molecule has 0 saturated heterocycles. The third-order valence-electron chi connectivity index (χ3n) is 5.81. The fourth-order valence-corrected chi connectivity index (χ4v) is 3.93. The van der Waals surface area contributed by atoms with E-state index < -0.39 is 11.8 Å². The molecule has 216 valence electrons. The quantitative estimate of drug-likeness (QED) is 0.110. The molecule has 4 rings (SSSR count). The van der Waals surface area contributed by atoms with Gasteiger partial charge >= 0.3 is 5.97 Å². The van der Waals surface area contributed by atoms with Gasteiger partial charge in [0.2, 0.25) is 5.95 Å². The molecular formula is C30H29ClFN7O3. The number of esters is 1. The van der Waals surface area contributed by atoms with Gasteiger partial charge in [-0.25, -0.2) is 19.2 Å². The third kappa shape index (κ3) is 8.55. The SMILES string of the molecule is CCOC(=O)/C=C/c1cccc(-c2cnc(Nc3ccc(F)c(Cl)c3)nc2NCCCNC(=O)c2cnc(C)cn2)c1. The van der Waals surface area contributed by atoms with Crippen LogP contribution in [-0.4, -0.2) is 51.5 Å². The van der Waals surface area contributed by atoms with E-state index in [0.717, 1.165) is 16.8 Å². The summed E-state index contributed by atoms with van der Waals surface area (Å²) in [4.78, 5) is 41.3. The summed E-state index contributed by atoms with van der Waals surface area (Å²) in [5.74, 6) is -0.454. The van der Waals surface area contributed by atoms with Gasteiger partial charge < -0.3 is 20.7 Å².